The molecular weight excluding hydrogens is 1420 g/mol. The first-order chi connectivity index (χ1) is 49.7. The summed E-state index contributed by atoms with van der Waals surface area (Å²) in [6, 6.07) is -11.3. The number of nitrogens with one attached hydrogen (secondary N) is 11. The molecule has 1 aliphatic carbocycles. The van der Waals surface area contributed by atoms with Gasteiger partial charge in [0.15, 0.2) is 24.2 Å². The van der Waals surface area contributed by atoms with E-state index in [0.29, 0.717) is 0 Å². The summed E-state index contributed by atoms with van der Waals surface area (Å²) < 4.78 is 43.3. The fourth-order valence-corrected chi connectivity index (χ4v) is 11.1. The van der Waals surface area contributed by atoms with Crippen molar-refractivity contribution in [1.29, 1.82) is 0 Å². The fraction of sp³-hybridized carbons (Fsp3) is 0.691. The summed E-state index contributed by atoms with van der Waals surface area (Å²) in [5, 5.41) is 78.5. The molecule has 0 aromatic heterocycles. The zero-order valence-electron chi connectivity index (χ0n) is 62.3. The molecule has 1 aliphatic heterocycles. The third kappa shape index (κ3) is 33.0. The van der Waals surface area contributed by atoms with Gasteiger partial charge in [-0.3, -0.25) is 57.7 Å². The van der Waals surface area contributed by atoms with Crippen LogP contribution in [0.2, 0.25) is 0 Å². The Morgan fingerprint density at radius 2 is 1.20 bits per heavy atom. The lowest BCUT2D eigenvalue weighted by atomic mass is 9.84. The molecule has 1 saturated heterocycles. The van der Waals surface area contributed by atoms with Gasteiger partial charge in [0, 0.05) is 6.54 Å². The number of carboxylic acids is 1. The molecule has 22 N–H and O–H groups in total. The summed E-state index contributed by atoms with van der Waals surface area (Å²) in [7, 11) is 0. The van der Waals surface area contributed by atoms with E-state index in [2.05, 4.69) is 52.8 Å². The summed E-state index contributed by atoms with van der Waals surface area (Å²) in [6.07, 6.45) is -10.2. The number of aliphatic hydroxyl groups excluding tert-OH is 4. The van der Waals surface area contributed by atoms with Crippen molar-refractivity contribution in [3.63, 3.8) is 0 Å². The van der Waals surface area contributed by atoms with Crippen LogP contribution in [0.15, 0.2) is 35.3 Å². The third-order valence-electron chi connectivity index (χ3n) is 16.9. The average molecular weight is 1530 g/mol. The van der Waals surface area contributed by atoms with Gasteiger partial charge < -0.3 is 111 Å². The molecule has 12 amide bonds. The van der Waals surface area contributed by atoms with Gasteiger partial charge in [0.05, 0.1) is 25.4 Å². The minimum absolute atomic E-state index is 0.0177. The number of carboxylic acid groups (broad SMARTS) is 1. The van der Waals surface area contributed by atoms with Gasteiger partial charge in [0.1, 0.15) is 60.0 Å². The lowest BCUT2D eigenvalue weighted by molar-refractivity contribution is -0.192. The topological polar surface area (TPSA) is 581 Å². The normalized spacial score (nSPS) is 23.7. The molecule has 2 aliphatic rings. The van der Waals surface area contributed by atoms with Crippen LogP contribution in [0.1, 0.15) is 165 Å². The molecule has 1 aromatic rings. The molecule has 0 spiro atoms. The predicted octanol–water partition coefficient (Wildman–Crippen LogP) is -2.31. The fourth-order valence-electron chi connectivity index (χ4n) is 11.1. The minimum Gasteiger partial charge on any atom is -0.475 e. The maximum Gasteiger partial charge on any atom is 0.490 e. The highest BCUT2D eigenvalue weighted by molar-refractivity contribution is 6.00. The van der Waals surface area contributed by atoms with Gasteiger partial charge in [-0.2, -0.15) is 13.2 Å². The van der Waals surface area contributed by atoms with Crippen LogP contribution in [0.25, 0.3) is 0 Å². The molecule has 2 fully saturated rings. The van der Waals surface area contributed by atoms with Gasteiger partial charge in [0.25, 0.3) is 0 Å². The third-order valence-corrected chi connectivity index (χ3v) is 16.9. The number of nitrogens with two attached hydrogens (primary N) is 3. The number of ether oxygens (including phenoxy) is 2. The van der Waals surface area contributed by atoms with E-state index in [1.54, 1.807) is 62.3 Å². The number of aliphatic hydroxyl groups is 4. The molecular formula is C68H110F3N15O21. The SMILES string of the molecule is CC[C@H](C)[C@@H]1NC(=O)[C@@H](CCCN=C(N)N)NC(=O)[C@H](CC(C)C)NC(=O)[C@H]([C@H](O)C(C)C)NC(=O)[C@@H](NC(=O)[C@H](CC(C)C)NC(=O)[C@@H](CC2CCCCC2)NC(=O)OC(C)(C)C)[C@@H](c2ccccc2)OC(=O)[C@H](CO)NC(=O)[C@H]([C@H](O)C(N)=O)NC(=O)CNC(=O)[C@H]([C@H](C)O)NC1=O.O=C(O)C(F)(F)F. The number of aliphatic imine (C=N–C) groups is 1. The number of alkyl halides is 3. The number of carbonyl (C=O) groups excluding carboxylic acids is 13. The van der Waals surface area contributed by atoms with E-state index in [4.69, 9.17) is 36.6 Å². The molecule has 0 unspecified atom stereocenters. The van der Waals surface area contributed by atoms with E-state index < -0.39 is 216 Å². The van der Waals surface area contributed by atoms with Gasteiger partial charge in [-0.1, -0.05) is 124 Å². The van der Waals surface area contributed by atoms with Crippen molar-refractivity contribution < 1.29 is 115 Å². The number of guanidine groups is 1. The maximum absolute atomic E-state index is 15.6. The van der Waals surface area contributed by atoms with Crippen molar-refractivity contribution in [2.24, 2.45) is 51.8 Å². The Hall–Kier alpha value is -9.50. The minimum atomic E-state index is -5.08. The summed E-state index contributed by atoms with van der Waals surface area (Å²) in [6.45, 7) is 16.5. The first-order valence-corrected chi connectivity index (χ1v) is 35.3. The van der Waals surface area contributed by atoms with Crippen molar-refractivity contribution in [1.82, 2.24) is 58.5 Å². The molecule has 39 heteroatoms. The summed E-state index contributed by atoms with van der Waals surface area (Å²) >= 11 is 0. The summed E-state index contributed by atoms with van der Waals surface area (Å²) in [5.74, 6) is -20.4. The number of primary amides is 1. The molecule has 1 saturated carbocycles. The van der Waals surface area contributed by atoms with Gasteiger partial charge in [-0.05, 0) is 95.0 Å². The summed E-state index contributed by atoms with van der Waals surface area (Å²) in [4.78, 5) is 199. The zero-order valence-corrected chi connectivity index (χ0v) is 62.3. The number of aliphatic carboxylic acids is 1. The number of nitrogens with zero attached hydrogens (tertiary/aromatic N) is 1. The van der Waals surface area contributed by atoms with Crippen LogP contribution in [-0.4, -0.2) is 225 Å². The first kappa shape index (κ1) is 93.6. The van der Waals surface area contributed by atoms with Crippen molar-refractivity contribution in [3.8, 4) is 0 Å². The van der Waals surface area contributed by atoms with Gasteiger partial charge in [0.2, 0.25) is 65.0 Å². The Labute approximate surface area is 618 Å². The number of benzene rings is 1. The molecule has 3 rings (SSSR count). The Morgan fingerprint density at radius 3 is 1.71 bits per heavy atom. The van der Waals surface area contributed by atoms with E-state index in [0.717, 1.165) is 39.0 Å². The van der Waals surface area contributed by atoms with Crippen molar-refractivity contribution in [2.75, 3.05) is 19.7 Å². The Morgan fingerprint density at radius 1 is 0.654 bits per heavy atom. The van der Waals surface area contributed by atoms with Crippen LogP contribution in [-0.2, 0) is 71.8 Å². The van der Waals surface area contributed by atoms with E-state index >= 15 is 14.4 Å². The Bertz CT molecular complexity index is 3200. The van der Waals surface area contributed by atoms with E-state index in [9.17, 15) is 81.5 Å². The number of halogens is 3. The molecule has 0 radical (unpaired) electrons. The van der Waals surface area contributed by atoms with Crippen LogP contribution >= 0.6 is 0 Å². The number of carbonyl (C=O) groups is 14. The van der Waals surface area contributed by atoms with Crippen LogP contribution in [0.3, 0.4) is 0 Å². The highest BCUT2D eigenvalue weighted by Gasteiger charge is 2.45. The van der Waals surface area contributed by atoms with E-state index in [1.165, 1.54) is 44.2 Å². The average Bonchev–Trinajstić information content (AvgIpc) is 0.812. The molecule has 36 nitrogen and oxygen atoms in total. The quantitative estimate of drug-likeness (QED) is 0.0224. The number of cyclic esters (lactones) is 1. The number of rotatable bonds is 24. The molecule has 107 heavy (non-hydrogen) atoms. The van der Waals surface area contributed by atoms with Crippen molar-refractivity contribution in [2.45, 2.75) is 250 Å². The predicted molar refractivity (Wildman–Crippen MR) is 377 cm³/mol. The number of amides is 12. The number of alkyl carbamates (subject to hydrolysis) is 1. The van der Waals surface area contributed by atoms with Crippen molar-refractivity contribution in [3.05, 3.63) is 35.9 Å². The van der Waals surface area contributed by atoms with Crippen LogP contribution < -0.4 is 75.7 Å². The van der Waals surface area contributed by atoms with Crippen molar-refractivity contribution >= 4 is 89.0 Å². The number of esters is 1. The first-order valence-electron chi connectivity index (χ1n) is 35.3. The second kappa shape index (κ2) is 44.6. The maximum atomic E-state index is 15.6. The largest absolute Gasteiger partial charge is 0.490 e. The molecule has 604 valence electrons. The van der Waals surface area contributed by atoms with E-state index in [1.807, 2.05) is 10.6 Å². The van der Waals surface area contributed by atoms with Crippen LogP contribution in [0.4, 0.5) is 18.0 Å². The highest BCUT2D eigenvalue weighted by Crippen LogP contribution is 2.29. The molecule has 1 heterocycles. The lowest BCUT2D eigenvalue weighted by Crippen LogP contribution is -2.64. The second-order valence-electron chi connectivity index (χ2n) is 28.6. The van der Waals surface area contributed by atoms with Gasteiger partial charge in [-0.15, -0.1) is 0 Å². The molecule has 0 bridgehead atoms. The van der Waals surface area contributed by atoms with Gasteiger partial charge in [-0.25, -0.2) is 14.4 Å². The second-order valence-corrected chi connectivity index (χ2v) is 28.6. The smallest absolute Gasteiger partial charge is 0.475 e. The monoisotopic (exact) mass is 1530 g/mol. The number of hydrogen-bond donors (Lipinski definition) is 19. The Kier molecular flexibility index (Phi) is 39.0. The van der Waals surface area contributed by atoms with Crippen LogP contribution in [0.5, 0.6) is 0 Å². The molecule has 1 aromatic carbocycles. The van der Waals surface area contributed by atoms with Gasteiger partial charge >= 0.3 is 24.2 Å². The Balaban J connectivity index is 0.00000527. The zero-order chi connectivity index (χ0) is 81.5. The van der Waals surface area contributed by atoms with E-state index in [-0.39, 0.29) is 62.5 Å². The highest BCUT2D eigenvalue weighted by atomic mass is 19.4. The van der Waals surface area contributed by atoms with Crippen LogP contribution in [0, 0.1) is 29.6 Å². The number of hydrogen-bond acceptors (Lipinski definition) is 21. The molecule has 15 atom stereocenters. The summed E-state index contributed by atoms with van der Waals surface area (Å²) in [5.41, 5.74) is 15.4. The standard InChI is InChI=1S/C66H109N15O19.C2HF3O2/c1-13-35(8)45-59(93)79-46(36(9)83)58(92)71-30-44(84)77-48(51(86)53(67)87)61(95)75-43(31-82)63(97)99-52(38-23-18-15-19-24-38)49(81-57(91)41(28-33(4)5)73-56(90)42(29-37-21-16-14-17-22-37)76-65(98)100-66(10,11)12)62(96)80-47(50(85)34(6)7)60(94)74-40(27-32(2)3)55(89)72-39(54(88)78-45)25-20-26-70-64(68)69;3-2(4,5)1(6)7/h15,18-19,23-24,32-37,39-43,45-52,82-83,85-86H,13-14,16-17,20-22,25-31H2,1-12H3,(H2,67,87)(H,71,92)(H,72,89)(H,73,90)(H,74,94)(H,75,95)(H,76,98)(H,77,84)(H,78,88)(H,79,93)(H,80,96)(H,81,91)(H4,68,69,70);(H,6,7)/t35-,36-,39+,40-,41-,42+,43-,45-,46-,47-,48-,49-,50+,51-,52+;/m0./s1. The lowest BCUT2D eigenvalue weighted by Gasteiger charge is -2.34.